The molecule has 0 atom stereocenters. The molecule has 8 nitrogen and oxygen atoms in total. The van der Waals surface area contributed by atoms with E-state index in [1.165, 1.54) is 84.0 Å². The Labute approximate surface area is 722 Å². The molecule has 0 radical (unpaired) electrons. The van der Waals surface area contributed by atoms with Gasteiger partial charge in [0.2, 0.25) is 0 Å². The maximum absolute atomic E-state index is 5.61. The summed E-state index contributed by atoms with van der Waals surface area (Å²) in [5, 5.41) is 9.80. The molecular weight excluding hydrogens is 1550 g/mol. The quantitative estimate of drug-likeness (QED) is 0.102. The van der Waals surface area contributed by atoms with Crippen LogP contribution < -0.4 is 0 Å². The first-order valence-corrected chi connectivity index (χ1v) is 43.4. The fourth-order valence-corrected chi connectivity index (χ4v) is 20.7. The topological polar surface area (TPSA) is 87.2 Å². The van der Waals surface area contributed by atoms with E-state index in [4.69, 9.17) is 29.9 Å². The molecule has 0 aliphatic heterocycles. The van der Waals surface area contributed by atoms with E-state index < -0.39 is 0 Å². The highest BCUT2D eigenvalue weighted by Gasteiger charge is 2.25. The lowest BCUT2D eigenvalue weighted by molar-refractivity contribution is 1.07. The molecule has 10 heteroatoms. The summed E-state index contributed by atoms with van der Waals surface area (Å²) in [7, 11) is 0. The summed E-state index contributed by atoms with van der Waals surface area (Å²) < 4.78 is 9.95. The molecule has 124 heavy (non-hydrogen) atoms. The average molecular weight is 1620 g/mol. The van der Waals surface area contributed by atoms with Crippen LogP contribution in [0.25, 0.3) is 242 Å². The molecule has 578 valence electrons. The van der Waals surface area contributed by atoms with Gasteiger partial charge in [-0.05, 0) is 151 Å². The van der Waals surface area contributed by atoms with E-state index in [9.17, 15) is 0 Å². The average Bonchev–Trinajstić information content (AvgIpc) is 1.56. The Morgan fingerprint density at radius 3 is 0.863 bits per heavy atom. The second-order valence-corrected chi connectivity index (χ2v) is 33.7. The molecule has 18 aromatic carbocycles. The molecule has 0 fully saturated rings. The maximum Gasteiger partial charge on any atom is 0.164 e. The van der Waals surface area contributed by atoms with Crippen molar-refractivity contribution in [1.29, 1.82) is 0 Å². The lowest BCUT2D eigenvalue weighted by atomic mass is 9.95. The Morgan fingerprint density at radius 2 is 0.435 bits per heavy atom. The van der Waals surface area contributed by atoms with Crippen LogP contribution in [0.4, 0.5) is 0 Å². The van der Waals surface area contributed by atoms with Crippen molar-refractivity contribution in [3.05, 3.63) is 425 Å². The van der Waals surface area contributed by atoms with Crippen LogP contribution in [-0.4, -0.2) is 39.0 Å². The van der Waals surface area contributed by atoms with E-state index in [0.29, 0.717) is 34.9 Å². The molecule has 0 amide bonds. The Hall–Kier alpha value is -16.0. The summed E-state index contributed by atoms with van der Waals surface area (Å²) in [5.41, 5.74) is 27.3. The smallest absolute Gasteiger partial charge is 0.164 e. The molecular formula is C114H70N8S2. The van der Waals surface area contributed by atoms with Gasteiger partial charge in [0.15, 0.2) is 34.9 Å². The van der Waals surface area contributed by atoms with Gasteiger partial charge in [-0.3, -0.25) is 0 Å². The summed E-state index contributed by atoms with van der Waals surface area (Å²) in [5.74, 6) is 3.53. The molecule has 0 N–H and O–H groups in total. The predicted octanol–water partition coefficient (Wildman–Crippen LogP) is 30.7. The number of fused-ring (bicyclic) bond motifs is 14. The van der Waals surface area contributed by atoms with Crippen molar-refractivity contribution in [1.82, 2.24) is 39.0 Å². The van der Waals surface area contributed by atoms with Crippen LogP contribution in [0.3, 0.4) is 0 Å². The number of aromatic nitrogens is 8. The van der Waals surface area contributed by atoms with Crippen molar-refractivity contribution in [3.63, 3.8) is 0 Å². The number of thiophene rings is 2. The van der Waals surface area contributed by atoms with Crippen LogP contribution >= 0.6 is 22.7 Å². The van der Waals surface area contributed by atoms with Gasteiger partial charge < -0.3 is 9.13 Å². The highest BCUT2D eigenvalue weighted by atomic mass is 32.1. The lowest BCUT2D eigenvalue weighted by Gasteiger charge is -2.16. The fourth-order valence-electron chi connectivity index (χ4n) is 18.2. The van der Waals surface area contributed by atoms with Gasteiger partial charge in [0.25, 0.3) is 0 Å². The molecule has 24 rings (SSSR count). The van der Waals surface area contributed by atoms with E-state index in [-0.39, 0.29) is 0 Å². The summed E-state index contributed by atoms with van der Waals surface area (Å²) in [6, 6.07) is 153. The Morgan fingerprint density at radius 1 is 0.161 bits per heavy atom. The number of rotatable bonds is 15. The van der Waals surface area contributed by atoms with Crippen molar-refractivity contribution in [2.45, 2.75) is 0 Å². The minimum atomic E-state index is 0.563. The van der Waals surface area contributed by atoms with Crippen LogP contribution in [-0.2, 0) is 0 Å². The van der Waals surface area contributed by atoms with Gasteiger partial charge in [0.1, 0.15) is 0 Å². The summed E-state index contributed by atoms with van der Waals surface area (Å²) in [6.45, 7) is 0. The van der Waals surface area contributed by atoms with Crippen LogP contribution in [0, 0.1) is 0 Å². The normalized spacial score (nSPS) is 11.7. The molecule has 0 spiro atoms. The third-order valence-corrected chi connectivity index (χ3v) is 26.6. The number of nitrogens with zero attached hydrogens (tertiary/aromatic N) is 8. The number of hydrogen-bond acceptors (Lipinski definition) is 8. The molecule has 0 bridgehead atoms. The van der Waals surface area contributed by atoms with E-state index in [2.05, 4.69) is 379 Å². The Balaban J connectivity index is 0.584. The molecule has 6 heterocycles. The highest BCUT2D eigenvalue weighted by Crippen LogP contribution is 2.48. The zero-order valence-electron chi connectivity index (χ0n) is 66.8. The molecule has 6 aromatic heterocycles. The lowest BCUT2D eigenvalue weighted by Crippen LogP contribution is -2.02. The van der Waals surface area contributed by atoms with E-state index >= 15 is 0 Å². The van der Waals surface area contributed by atoms with Gasteiger partial charge in [-0.25, -0.2) is 29.9 Å². The summed E-state index contributed by atoms with van der Waals surface area (Å²) in [6.07, 6.45) is 0. The number of para-hydroxylation sites is 2. The second kappa shape index (κ2) is 30.1. The van der Waals surface area contributed by atoms with Gasteiger partial charge in [-0.1, -0.05) is 352 Å². The standard InChI is InChI=1S/C114H70N8S2/c1-5-25-71(26-6-1)81-33-23-34-82(63-81)83-35-24-36-84(64-83)86-66-88(70-90(68-86)122-102-44-20-16-39-93(102)97-60-62-99-95-41-18-22-46-104(95)124-108(99)106(97)122)113-118-111(80-31-11-4-12-32-80)119-114(120-113)100-42-14-13-37-91(100)77-57-55-75(56-58-77)73-49-47-72(48-50-73)74-51-53-76(54-52-74)85-65-87(112-116-109(78-27-7-2-8-28-78)115-110(117-112)79-29-9-3-10-30-79)69-89(67-85)121-101-43-19-15-38-92(101)96-59-61-98-94-40-17-21-45-103(94)123-107(98)105(96)121/h1-70H. The summed E-state index contributed by atoms with van der Waals surface area (Å²) >= 11 is 3.71. The van der Waals surface area contributed by atoms with Gasteiger partial charge in [0, 0.05) is 97.2 Å². The van der Waals surface area contributed by atoms with Gasteiger partial charge in [-0.2, -0.15) is 0 Å². The monoisotopic (exact) mass is 1610 g/mol. The van der Waals surface area contributed by atoms with E-state index in [1.807, 2.05) is 77.3 Å². The van der Waals surface area contributed by atoms with E-state index in [1.54, 1.807) is 0 Å². The van der Waals surface area contributed by atoms with Crippen LogP contribution in [0.2, 0.25) is 0 Å². The molecule has 24 aromatic rings. The molecule has 0 aliphatic rings. The minimum absolute atomic E-state index is 0.563. The third-order valence-electron chi connectivity index (χ3n) is 24.2. The largest absolute Gasteiger partial charge is 0.308 e. The zero-order chi connectivity index (χ0) is 81.7. The first-order valence-electron chi connectivity index (χ1n) is 41.8. The molecule has 0 saturated heterocycles. The van der Waals surface area contributed by atoms with Crippen molar-refractivity contribution < 1.29 is 0 Å². The molecule has 0 unspecified atom stereocenters. The van der Waals surface area contributed by atoms with Crippen LogP contribution in [0.1, 0.15) is 0 Å². The minimum Gasteiger partial charge on any atom is -0.308 e. The van der Waals surface area contributed by atoms with Crippen LogP contribution in [0.15, 0.2) is 425 Å². The molecule has 0 aliphatic carbocycles. The zero-order valence-corrected chi connectivity index (χ0v) is 68.4. The third kappa shape index (κ3) is 12.7. The summed E-state index contributed by atoms with van der Waals surface area (Å²) in [4.78, 5) is 32.3. The molecule has 0 saturated carbocycles. The first-order chi connectivity index (χ1) is 61.4. The Bertz CT molecular complexity index is 8270. The predicted molar refractivity (Wildman–Crippen MR) is 518 cm³/mol. The van der Waals surface area contributed by atoms with Crippen molar-refractivity contribution in [2.75, 3.05) is 0 Å². The maximum atomic E-state index is 5.61. The van der Waals surface area contributed by atoms with Crippen molar-refractivity contribution >= 4 is 107 Å². The van der Waals surface area contributed by atoms with Crippen LogP contribution in [0.5, 0.6) is 0 Å². The van der Waals surface area contributed by atoms with Gasteiger partial charge >= 0.3 is 0 Å². The number of benzene rings is 18. The van der Waals surface area contributed by atoms with Gasteiger partial charge in [-0.15, -0.1) is 22.7 Å². The fraction of sp³-hybridized carbons (Fsp3) is 0. The van der Waals surface area contributed by atoms with Gasteiger partial charge in [0.05, 0.1) is 31.5 Å². The first kappa shape index (κ1) is 72.1. The number of hydrogen-bond donors (Lipinski definition) is 0. The van der Waals surface area contributed by atoms with Crippen molar-refractivity contribution in [3.8, 4) is 158 Å². The SMILES string of the molecule is c1ccc(-c2cccc(-c3cccc(-c4cc(-c5nc(-c6ccccc6)nc(-c6ccccc6-c6ccc(-c7ccc(-c8ccc(-c9cc(-c%10nc(-c%11ccccc%11)nc(-c%11ccccc%11)n%10)cc(-n%10c%11ccccc%11c%11ccc%12c%13ccccc%13sc%12c%11%10)c9)cc8)cc7)cc6)n5)cc(-n5c6ccccc6c6ccc7c8ccccc8sc7c65)c4)c3)c2)cc1. The Kier molecular flexibility index (Phi) is 17.5. The highest BCUT2D eigenvalue weighted by molar-refractivity contribution is 7.27. The second-order valence-electron chi connectivity index (χ2n) is 31.6. The van der Waals surface area contributed by atoms with E-state index in [0.717, 1.165) is 123 Å². The van der Waals surface area contributed by atoms with Crippen molar-refractivity contribution in [2.24, 2.45) is 0 Å².